The Balaban J connectivity index is 1.25. The Hall–Kier alpha value is -7.94. The van der Waals surface area contributed by atoms with Crippen molar-refractivity contribution >= 4 is 31.6 Å². The molecule has 0 unspecified atom stereocenters. The molecule has 68 heavy (non-hydrogen) atoms. The van der Waals surface area contributed by atoms with Gasteiger partial charge in [0.15, 0.2) is 11.8 Å². The van der Waals surface area contributed by atoms with Crippen LogP contribution in [0.4, 0.5) is 11.4 Å². The van der Waals surface area contributed by atoms with Gasteiger partial charge in [0.1, 0.15) is 32.8 Å². The molecular formula is C54H46N2O10S2. The van der Waals surface area contributed by atoms with Crippen LogP contribution in [-0.4, -0.2) is 37.3 Å². The van der Waals surface area contributed by atoms with Gasteiger partial charge in [0.05, 0.1) is 0 Å². The smallest absolute Gasteiger partial charge is 0.339 e. The fourth-order valence-electron chi connectivity index (χ4n) is 8.28. The molecule has 6 aromatic carbocycles. The van der Waals surface area contributed by atoms with Crippen molar-refractivity contribution in [2.75, 3.05) is 10.6 Å². The summed E-state index contributed by atoms with van der Waals surface area (Å²) in [5, 5.41) is 52.9. The van der Waals surface area contributed by atoms with Crippen LogP contribution in [0.5, 0.6) is 23.0 Å². The largest absolute Gasteiger partial charge is 0.507 e. The Morgan fingerprint density at radius 3 is 1.04 bits per heavy atom. The highest BCUT2D eigenvalue weighted by Crippen LogP contribution is 2.42. The highest BCUT2D eigenvalue weighted by atomic mass is 32.2. The van der Waals surface area contributed by atoms with Gasteiger partial charge in [-0.25, -0.2) is 0 Å². The molecule has 0 spiro atoms. The van der Waals surface area contributed by atoms with E-state index in [9.17, 15) is 37.3 Å². The van der Waals surface area contributed by atoms with Crippen molar-refractivity contribution in [3.05, 3.63) is 236 Å². The predicted molar refractivity (Wildman–Crippen MR) is 261 cm³/mol. The van der Waals surface area contributed by atoms with E-state index in [2.05, 4.69) is 10.6 Å². The van der Waals surface area contributed by atoms with E-state index in [1.165, 1.54) is 24.3 Å². The van der Waals surface area contributed by atoms with Gasteiger partial charge in [-0.2, -0.15) is 16.8 Å². The molecule has 0 aromatic heterocycles. The van der Waals surface area contributed by atoms with Gasteiger partial charge in [0.25, 0.3) is 0 Å². The van der Waals surface area contributed by atoms with Gasteiger partial charge >= 0.3 is 20.2 Å². The summed E-state index contributed by atoms with van der Waals surface area (Å²) >= 11 is 0. The molecule has 14 heteroatoms. The zero-order chi connectivity index (χ0) is 47.7. The number of hydrogen-bond acceptors (Lipinski definition) is 12. The number of allylic oxidation sites excluding steroid dienone is 10. The first-order chi connectivity index (χ1) is 32.6. The molecule has 0 saturated heterocycles. The lowest BCUT2D eigenvalue weighted by molar-refractivity contribution is 0.415. The monoisotopic (exact) mass is 946 g/mol. The summed E-state index contributed by atoms with van der Waals surface area (Å²) in [6, 6.07) is 29.2. The molecule has 0 heterocycles. The minimum Gasteiger partial charge on any atom is -0.507 e. The Bertz CT molecular complexity index is 3070. The first-order valence-corrected chi connectivity index (χ1v) is 24.5. The second-order valence-electron chi connectivity index (χ2n) is 16.8. The quantitative estimate of drug-likeness (QED) is 0.0563. The van der Waals surface area contributed by atoms with E-state index >= 15 is 0 Å². The molecular weight excluding hydrogens is 901 g/mol. The van der Waals surface area contributed by atoms with Crippen molar-refractivity contribution in [3.8, 4) is 23.0 Å². The van der Waals surface area contributed by atoms with E-state index in [1.807, 2.05) is 13.8 Å². The number of phenolic OH excluding ortho intramolecular Hbond substituents is 2. The van der Waals surface area contributed by atoms with Crippen molar-refractivity contribution < 1.29 is 45.6 Å². The molecule has 3 aliphatic carbocycles. The second kappa shape index (κ2) is 18.4. The summed E-state index contributed by atoms with van der Waals surface area (Å²) in [5.41, 5.74) is 6.13. The van der Waals surface area contributed by atoms with Crippen molar-refractivity contribution in [2.24, 2.45) is 0 Å². The fourth-order valence-corrected chi connectivity index (χ4v) is 10.3. The molecule has 6 aromatic rings. The molecule has 3 aliphatic rings. The van der Waals surface area contributed by atoms with Crippen molar-refractivity contribution in [1.29, 1.82) is 0 Å². The zero-order valence-corrected chi connectivity index (χ0v) is 38.5. The van der Waals surface area contributed by atoms with Crippen LogP contribution in [0.3, 0.4) is 0 Å². The summed E-state index contributed by atoms with van der Waals surface area (Å²) < 4.78 is 68.8. The van der Waals surface area contributed by atoms with Gasteiger partial charge in [-0.15, -0.1) is 0 Å². The summed E-state index contributed by atoms with van der Waals surface area (Å²) in [7, 11) is -8.93. The fraction of sp³-hybridized carbons (Fsp3) is 0.111. The third-order valence-corrected chi connectivity index (χ3v) is 14.3. The highest BCUT2D eigenvalue weighted by Gasteiger charge is 2.28. The van der Waals surface area contributed by atoms with Crippen LogP contribution in [0.15, 0.2) is 191 Å². The molecule has 344 valence electrons. The van der Waals surface area contributed by atoms with Gasteiger partial charge in [-0.1, -0.05) is 96.1 Å². The summed E-state index contributed by atoms with van der Waals surface area (Å²) in [4.78, 5) is -0.168. The summed E-state index contributed by atoms with van der Waals surface area (Å²) in [5.74, 6) is -0.738. The number of benzene rings is 6. The average molecular weight is 947 g/mol. The van der Waals surface area contributed by atoms with Crippen LogP contribution >= 0.6 is 0 Å². The SMILES string of the molecule is Cc1ccc(S(=O)(=O)Oc2c3cc(NC(O)=C4C=CC=C4)cc2Cc2cccc(c2O)Cc2cc(NC(O)=C4C=CC=C4)cc(c2OS(=O)(=O)c2ccc(C)cc2)Cc2cccc(c2O)C3)cc1. The molecule has 0 radical (unpaired) electrons. The molecule has 12 nitrogen and oxygen atoms in total. The Kier molecular flexibility index (Phi) is 12.2. The lowest BCUT2D eigenvalue weighted by Gasteiger charge is -2.22. The van der Waals surface area contributed by atoms with Crippen LogP contribution in [0, 0.1) is 13.8 Å². The number of phenols is 2. The lowest BCUT2D eigenvalue weighted by atomic mass is 9.91. The molecule has 0 fully saturated rings. The maximum Gasteiger partial charge on any atom is 0.339 e. The van der Waals surface area contributed by atoms with Gasteiger partial charge < -0.3 is 39.4 Å². The molecule has 0 saturated carbocycles. The van der Waals surface area contributed by atoms with E-state index in [0.29, 0.717) is 67.0 Å². The minimum atomic E-state index is -4.46. The number of aromatic hydroxyl groups is 2. The van der Waals surface area contributed by atoms with Gasteiger partial charge in [0, 0.05) is 70.5 Å². The summed E-state index contributed by atoms with van der Waals surface area (Å²) in [6.45, 7) is 3.68. The maximum atomic E-state index is 14.2. The Morgan fingerprint density at radius 2 is 0.750 bits per heavy atom. The third-order valence-electron chi connectivity index (χ3n) is 11.8. The number of para-hydroxylation sites is 2. The van der Waals surface area contributed by atoms with E-state index in [0.717, 1.165) is 11.1 Å². The number of nitrogens with one attached hydrogen (secondary N) is 2. The first kappa shape index (κ1) is 45.2. The van der Waals surface area contributed by atoms with E-state index in [1.54, 1.807) is 134 Å². The topological polar surface area (TPSA) is 192 Å². The predicted octanol–water partition coefficient (Wildman–Crippen LogP) is 10.5. The zero-order valence-electron chi connectivity index (χ0n) is 36.9. The van der Waals surface area contributed by atoms with Crippen LogP contribution in [-0.2, 0) is 45.9 Å². The first-order valence-electron chi connectivity index (χ1n) is 21.6. The Labute approximate surface area is 394 Å². The number of fused-ring (bicyclic) bond motifs is 8. The number of rotatable bonds is 10. The third kappa shape index (κ3) is 9.64. The normalized spacial score (nSPS) is 14.0. The number of anilines is 2. The van der Waals surface area contributed by atoms with E-state index in [4.69, 9.17) is 8.37 Å². The number of aliphatic hydroxyl groups is 2. The lowest BCUT2D eigenvalue weighted by Crippen LogP contribution is -2.14. The van der Waals surface area contributed by atoms with Crippen molar-refractivity contribution in [3.63, 3.8) is 0 Å². The van der Waals surface area contributed by atoms with Crippen LogP contribution < -0.4 is 19.0 Å². The molecule has 0 aliphatic heterocycles. The van der Waals surface area contributed by atoms with Crippen molar-refractivity contribution in [2.45, 2.75) is 49.3 Å². The molecule has 8 bridgehead atoms. The van der Waals surface area contributed by atoms with E-state index in [-0.39, 0.29) is 70.2 Å². The van der Waals surface area contributed by atoms with E-state index < -0.39 is 20.2 Å². The molecule has 6 N–H and O–H groups in total. The van der Waals surface area contributed by atoms with Crippen molar-refractivity contribution in [1.82, 2.24) is 0 Å². The number of hydrogen-bond donors (Lipinski definition) is 6. The van der Waals surface area contributed by atoms with Gasteiger partial charge in [-0.05, 0) is 109 Å². The number of aliphatic hydroxyl groups excluding tert-OH is 2. The average Bonchev–Trinajstić information content (AvgIpc) is 4.05. The molecule has 0 amide bonds. The van der Waals surface area contributed by atoms with Crippen LogP contribution in [0.2, 0.25) is 0 Å². The second-order valence-corrected chi connectivity index (χ2v) is 19.9. The number of aryl methyl sites for hydroxylation is 2. The van der Waals surface area contributed by atoms with Crippen LogP contribution in [0.1, 0.15) is 55.6 Å². The highest BCUT2D eigenvalue weighted by molar-refractivity contribution is 7.87. The molecule has 9 rings (SSSR count). The van der Waals surface area contributed by atoms with Gasteiger partial charge in [-0.3, -0.25) is 0 Å². The summed E-state index contributed by atoms with van der Waals surface area (Å²) in [6.07, 6.45) is 13.6. The minimum absolute atomic E-state index is 0.0376. The maximum absolute atomic E-state index is 14.2. The van der Waals surface area contributed by atoms with Gasteiger partial charge in [0.2, 0.25) is 0 Å². The molecule has 0 atom stereocenters. The standard InChI is InChI=1S/C54H46N2O10S2/c1-33-17-21-47(22-18-33)67(61,62)65-51-41-25-37-13-7-15-39(49(37)57)27-43-31-46(56-54(60)36-11-5-6-12-36)32-44(52(43)66-68(63,64)48-23-19-34(2)20-24-48)28-40-16-8-14-38(50(40)58)26-42(51)30-45(29-41)55-53(59)35-9-3-4-10-35/h3-24,29-32,55-60H,25-28H2,1-2H3. The Morgan fingerprint density at radius 1 is 0.456 bits per heavy atom. The van der Waals surface area contributed by atoms with Crippen LogP contribution in [0.25, 0.3) is 0 Å².